The molecule has 2 rings (SSSR count). The molecule has 6 heteroatoms. The SMILES string of the molecule is C\C=C/C(Br)=C\C=C\c1coc2cc(SCCCCN(C)CCN(C)C)ccc2c1=O. The smallest absolute Gasteiger partial charge is 0.199 e. The van der Waals surface area contributed by atoms with Gasteiger partial charge in [-0.3, -0.25) is 4.79 Å². The first-order chi connectivity index (χ1) is 14.9. The minimum absolute atomic E-state index is 0.00892. The van der Waals surface area contributed by atoms with E-state index in [4.69, 9.17) is 4.42 Å². The quantitative estimate of drug-likeness (QED) is 0.200. The maximum absolute atomic E-state index is 12.7. The first kappa shape index (κ1) is 25.7. The van der Waals surface area contributed by atoms with Crippen molar-refractivity contribution in [3.05, 3.63) is 69.0 Å². The van der Waals surface area contributed by atoms with Crippen molar-refractivity contribution < 1.29 is 4.42 Å². The number of unbranched alkanes of at least 4 members (excludes halogenated alkanes) is 1. The molecule has 0 unspecified atom stereocenters. The van der Waals surface area contributed by atoms with E-state index < -0.39 is 0 Å². The molecule has 0 aliphatic carbocycles. The van der Waals surface area contributed by atoms with Gasteiger partial charge in [0, 0.05) is 22.5 Å². The Hall–Kier alpha value is -1.60. The Morgan fingerprint density at radius 2 is 1.97 bits per heavy atom. The molecule has 1 aromatic carbocycles. The highest BCUT2D eigenvalue weighted by molar-refractivity contribution is 9.11. The van der Waals surface area contributed by atoms with E-state index in [1.165, 1.54) is 19.1 Å². The maximum Gasteiger partial charge on any atom is 0.199 e. The highest BCUT2D eigenvalue weighted by Crippen LogP contribution is 2.24. The summed E-state index contributed by atoms with van der Waals surface area (Å²) in [6.45, 7) is 5.27. The second kappa shape index (κ2) is 13.7. The van der Waals surface area contributed by atoms with Crippen LogP contribution in [0.15, 0.2) is 67.4 Å². The molecule has 0 radical (unpaired) electrons. The molecule has 0 saturated carbocycles. The largest absolute Gasteiger partial charge is 0.463 e. The lowest BCUT2D eigenvalue weighted by atomic mass is 10.1. The van der Waals surface area contributed by atoms with Gasteiger partial charge in [-0.25, -0.2) is 0 Å². The number of rotatable bonds is 12. The van der Waals surface area contributed by atoms with Crippen molar-refractivity contribution >= 4 is 44.7 Å². The van der Waals surface area contributed by atoms with Gasteiger partial charge in [0.15, 0.2) is 5.43 Å². The monoisotopic (exact) mass is 504 g/mol. The lowest BCUT2D eigenvalue weighted by Crippen LogP contribution is -2.29. The molecule has 0 bridgehead atoms. The molecule has 0 fully saturated rings. The van der Waals surface area contributed by atoms with E-state index in [0.717, 1.165) is 34.8 Å². The normalized spacial score (nSPS) is 12.9. The second-order valence-corrected chi connectivity index (χ2v) is 9.83. The fourth-order valence-corrected chi connectivity index (χ4v) is 4.30. The number of nitrogens with zero attached hydrogens (tertiary/aromatic N) is 2. The van der Waals surface area contributed by atoms with Crippen LogP contribution in [0.1, 0.15) is 25.3 Å². The fourth-order valence-electron chi connectivity index (χ4n) is 2.94. The average Bonchev–Trinajstić information content (AvgIpc) is 2.74. The molecule has 0 aliphatic heterocycles. The van der Waals surface area contributed by atoms with Crippen LogP contribution in [0.4, 0.5) is 0 Å². The van der Waals surface area contributed by atoms with Crippen molar-refractivity contribution in [2.75, 3.05) is 46.5 Å². The van der Waals surface area contributed by atoms with Gasteiger partial charge in [0.1, 0.15) is 11.8 Å². The van der Waals surface area contributed by atoms with Gasteiger partial charge in [0.05, 0.1) is 10.9 Å². The number of benzene rings is 1. The molecule has 1 heterocycles. The molecule has 0 spiro atoms. The zero-order valence-corrected chi connectivity index (χ0v) is 21.3. The van der Waals surface area contributed by atoms with Gasteiger partial charge in [0.2, 0.25) is 0 Å². The molecule has 0 atom stereocenters. The summed E-state index contributed by atoms with van der Waals surface area (Å²) in [4.78, 5) is 18.5. The molecular weight excluding hydrogens is 472 g/mol. The van der Waals surface area contributed by atoms with Crippen molar-refractivity contribution in [2.45, 2.75) is 24.7 Å². The minimum atomic E-state index is -0.00892. The van der Waals surface area contributed by atoms with E-state index in [-0.39, 0.29) is 5.43 Å². The number of allylic oxidation sites excluding steroid dienone is 5. The van der Waals surface area contributed by atoms with E-state index in [9.17, 15) is 4.79 Å². The van der Waals surface area contributed by atoms with Crippen LogP contribution in [0.2, 0.25) is 0 Å². The Bertz CT molecular complexity index is 979. The van der Waals surface area contributed by atoms with Gasteiger partial charge in [-0.2, -0.15) is 0 Å². The first-order valence-corrected chi connectivity index (χ1v) is 12.4. The zero-order chi connectivity index (χ0) is 22.6. The molecule has 1 aromatic heterocycles. The molecular formula is C25H33BrN2O2S. The standard InChI is InChI=1S/C25H33BrN2O2S/c1-5-9-21(26)11-8-10-20-19-30-24-18-22(12-13-23(24)25(20)29)31-17-7-6-14-28(4)16-15-27(2)3/h5,8-13,18-19H,6-7,14-17H2,1-4H3/b9-5-,10-8+,21-11+. The Morgan fingerprint density at radius 1 is 1.16 bits per heavy atom. The van der Waals surface area contributed by atoms with Crippen LogP contribution in [0.3, 0.4) is 0 Å². The van der Waals surface area contributed by atoms with Crippen LogP contribution in [-0.4, -0.2) is 56.3 Å². The third kappa shape index (κ3) is 9.19. The van der Waals surface area contributed by atoms with Crippen molar-refractivity contribution in [3.63, 3.8) is 0 Å². The summed E-state index contributed by atoms with van der Waals surface area (Å²) < 4.78 is 6.70. The van der Waals surface area contributed by atoms with E-state index in [0.29, 0.717) is 16.5 Å². The predicted octanol–water partition coefficient (Wildman–Crippen LogP) is 6.03. The Morgan fingerprint density at radius 3 is 2.71 bits per heavy atom. The lowest BCUT2D eigenvalue weighted by molar-refractivity contribution is 0.279. The Balaban J connectivity index is 1.90. The number of thioether (sulfide) groups is 1. The van der Waals surface area contributed by atoms with Crippen LogP contribution in [-0.2, 0) is 0 Å². The van der Waals surface area contributed by atoms with Crippen LogP contribution in [0.25, 0.3) is 17.0 Å². The van der Waals surface area contributed by atoms with Gasteiger partial charge in [0.25, 0.3) is 0 Å². The summed E-state index contributed by atoms with van der Waals surface area (Å²) in [5, 5.41) is 0.616. The van der Waals surface area contributed by atoms with Crippen LogP contribution in [0.5, 0.6) is 0 Å². The van der Waals surface area contributed by atoms with E-state index in [1.807, 2.05) is 61.2 Å². The van der Waals surface area contributed by atoms with E-state index in [1.54, 1.807) is 6.08 Å². The van der Waals surface area contributed by atoms with Crippen LogP contribution in [0, 0.1) is 0 Å². The Labute approximate surface area is 198 Å². The number of halogens is 1. The van der Waals surface area contributed by atoms with Gasteiger partial charge in [-0.1, -0.05) is 34.2 Å². The van der Waals surface area contributed by atoms with Crippen LogP contribution < -0.4 is 5.43 Å². The molecule has 0 amide bonds. The molecule has 4 nitrogen and oxygen atoms in total. The van der Waals surface area contributed by atoms with Crippen molar-refractivity contribution in [2.24, 2.45) is 0 Å². The molecule has 168 valence electrons. The number of hydrogen-bond acceptors (Lipinski definition) is 5. The summed E-state index contributed by atoms with van der Waals surface area (Å²) in [6, 6.07) is 5.87. The summed E-state index contributed by atoms with van der Waals surface area (Å²) in [5.41, 5.74) is 1.18. The minimum Gasteiger partial charge on any atom is -0.463 e. The maximum atomic E-state index is 12.7. The zero-order valence-electron chi connectivity index (χ0n) is 18.9. The topological polar surface area (TPSA) is 36.7 Å². The molecule has 0 N–H and O–H groups in total. The highest BCUT2D eigenvalue weighted by atomic mass is 79.9. The molecule has 2 aromatic rings. The van der Waals surface area contributed by atoms with Crippen LogP contribution >= 0.6 is 27.7 Å². The second-order valence-electron chi connectivity index (χ2n) is 7.75. The number of likely N-dealkylation sites (N-methyl/N-ethyl adjacent to an activating group) is 2. The van der Waals surface area contributed by atoms with E-state index in [2.05, 4.69) is 46.9 Å². The van der Waals surface area contributed by atoms with Crippen molar-refractivity contribution in [1.82, 2.24) is 9.80 Å². The van der Waals surface area contributed by atoms with E-state index >= 15 is 0 Å². The van der Waals surface area contributed by atoms with Gasteiger partial charge in [-0.05, 0) is 83.6 Å². The van der Waals surface area contributed by atoms with Crippen molar-refractivity contribution in [3.8, 4) is 0 Å². The van der Waals surface area contributed by atoms with Gasteiger partial charge in [-0.15, -0.1) is 11.8 Å². The third-order valence-electron chi connectivity index (χ3n) is 4.76. The number of hydrogen-bond donors (Lipinski definition) is 0. The summed E-state index contributed by atoms with van der Waals surface area (Å²) in [7, 11) is 6.40. The molecule has 0 saturated heterocycles. The predicted molar refractivity (Wildman–Crippen MR) is 139 cm³/mol. The number of fused-ring (bicyclic) bond motifs is 1. The average molecular weight is 506 g/mol. The van der Waals surface area contributed by atoms with Gasteiger partial charge >= 0.3 is 0 Å². The molecule has 31 heavy (non-hydrogen) atoms. The molecule has 0 aliphatic rings. The third-order valence-corrected chi connectivity index (χ3v) is 6.37. The van der Waals surface area contributed by atoms with Crippen molar-refractivity contribution in [1.29, 1.82) is 0 Å². The van der Waals surface area contributed by atoms with Gasteiger partial charge < -0.3 is 14.2 Å². The first-order valence-electron chi connectivity index (χ1n) is 10.6. The highest BCUT2D eigenvalue weighted by Gasteiger charge is 2.06. The Kier molecular flexibility index (Phi) is 11.4. The lowest BCUT2D eigenvalue weighted by Gasteiger charge is -2.19. The summed E-state index contributed by atoms with van der Waals surface area (Å²) in [6.07, 6.45) is 13.3. The fraction of sp³-hybridized carbons (Fsp3) is 0.400. The summed E-state index contributed by atoms with van der Waals surface area (Å²) in [5.74, 6) is 1.06. The summed E-state index contributed by atoms with van der Waals surface area (Å²) >= 11 is 5.26.